The highest BCUT2D eigenvalue weighted by atomic mass is 16.6. The van der Waals surface area contributed by atoms with Crippen molar-refractivity contribution in [2.24, 2.45) is 0 Å². The third-order valence-corrected chi connectivity index (χ3v) is 4.31. The maximum atomic E-state index is 12.2. The van der Waals surface area contributed by atoms with E-state index in [4.69, 9.17) is 9.47 Å². The van der Waals surface area contributed by atoms with E-state index in [1.54, 1.807) is 42.8 Å². The lowest BCUT2D eigenvalue weighted by Gasteiger charge is -2.13. The van der Waals surface area contributed by atoms with Crippen LogP contribution in [0.25, 0.3) is 0 Å². The van der Waals surface area contributed by atoms with E-state index in [2.05, 4.69) is 10.4 Å². The predicted octanol–water partition coefficient (Wildman–Crippen LogP) is 1.76. The lowest BCUT2D eigenvalue weighted by molar-refractivity contribution is -0.386. The molecule has 0 aliphatic carbocycles. The Labute approximate surface area is 167 Å². The van der Waals surface area contributed by atoms with Crippen LogP contribution in [0.4, 0.5) is 5.69 Å². The summed E-state index contributed by atoms with van der Waals surface area (Å²) in [4.78, 5) is 34.7. The van der Waals surface area contributed by atoms with E-state index in [1.807, 2.05) is 0 Å². The Balaban J connectivity index is 1.99. The van der Waals surface area contributed by atoms with E-state index < -0.39 is 22.9 Å². The lowest BCUT2D eigenvalue weighted by atomic mass is 10.1. The molecule has 0 saturated heterocycles. The third kappa shape index (κ3) is 5.61. The van der Waals surface area contributed by atoms with Crippen molar-refractivity contribution < 1.29 is 24.0 Å². The Morgan fingerprint density at radius 3 is 2.48 bits per heavy atom. The van der Waals surface area contributed by atoms with Crippen LogP contribution in [-0.4, -0.2) is 52.9 Å². The second-order valence-corrected chi connectivity index (χ2v) is 6.46. The van der Waals surface area contributed by atoms with Crippen molar-refractivity contribution in [1.82, 2.24) is 15.1 Å². The van der Waals surface area contributed by atoms with Gasteiger partial charge in [-0.05, 0) is 38.5 Å². The zero-order chi connectivity index (χ0) is 21.6. The van der Waals surface area contributed by atoms with Gasteiger partial charge >= 0.3 is 11.7 Å². The maximum absolute atomic E-state index is 12.2. The molecule has 0 radical (unpaired) electrons. The van der Waals surface area contributed by atoms with Crippen LogP contribution in [0, 0.1) is 24.0 Å². The van der Waals surface area contributed by atoms with Crippen molar-refractivity contribution in [2.45, 2.75) is 33.4 Å². The lowest BCUT2D eigenvalue weighted by Crippen LogP contribution is -2.37. The summed E-state index contributed by atoms with van der Waals surface area (Å²) >= 11 is 0. The number of nitrogens with zero attached hydrogens (tertiary/aromatic N) is 3. The molecule has 1 aromatic carbocycles. The van der Waals surface area contributed by atoms with Crippen molar-refractivity contribution >= 4 is 17.6 Å². The highest BCUT2D eigenvalue weighted by Crippen LogP contribution is 2.22. The summed E-state index contributed by atoms with van der Waals surface area (Å²) in [6.07, 6.45) is -0.936. The number of benzene rings is 1. The minimum absolute atomic E-state index is 0.00274. The van der Waals surface area contributed by atoms with Gasteiger partial charge in [-0.25, -0.2) is 4.79 Å². The number of aromatic nitrogens is 2. The number of carbonyl (C=O) groups is 2. The molecule has 0 saturated carbocycles. The van der Waals surface area contributed by atoms with E-state index >= 15 is 0 Å². The Morgan fingerprint density at radius 2 is 1.93 bits per heavy atom. The van der Waals surface area contributed by atoms with Crippen LogP contribution in [-0.2, 0) is 20.8 Å². The Kier molecular flexibility index (Phi) is 7.43. The summed E-state index contributed by atoms with van der Waals surface area (Å²) < 4.78 is 11.6. The smallest absolute Gasteiger partial charge is 0.338 e. The first kappa shape index (κ1) is 22.0. The minimum atomic E-state index is -0.936. The molecule has 1 N–H and O–H groups in total. The summed E-state index contributed by atoms with van der Waals surface area (Å²) in [5, 5.41) is 17.9. The van der Waals surface area contributed by atoms with Gasteiger partial charge in [-0.2, -0.15) is 5.10 Å². The summed E-state index contributed by atoms with van der Waals surface area (Å²) in [5.41, 5.74) is 1.93. The van der Waals surface area contributed by atoms with Crippen molar-refractivity contribution in [1.29, 1.82) is 0 Å². The molecule has 1 heterocycles. The fourth-order valence-electron chi connectivity index (χ4n) is 2.73. The van der Waals surface area contributed by atoms with E-state index in [0.29, 0.717) is 36.6 Å². The second-order valence-electron chi connectivity index (χ2n) is 6.46. The number of amides is 1. The molecular formula is C19H24N4O6. The molecule has 10 heteroatoms. The Morgan fingerprint density at radius 1 is 1.28 bits per heavy atom. The van der Waals surface area contributed by atoms with E-state index in [0.717, 1.165) is 5.56 Å². The molecule has 156 valence electrons. The van der Waals surface area contributed by atoms with Gasteiger partial charge in [-0.3, -0.25) is 19.6 Å². The quantitative estimate of drug-likeness (QED) is 0.292. The average Bonchev–Trinajstić information content (AvgIpc) is 2.95. The fourth-order valence-corrected chi connectivity index (χ4v) is 2.73. The largest absolute Gasteiger partial charge is 0.449 e. The van der Waals surface area contributed by atoms with Gasteiger partial charge in [0.25, 0.3) is 5.91 Å². The SMILES string of the molecule is COCCNC(=O)[C@H](C)OC(=O)c1ccc(Cn2nc(C)c([N+](=O)[O-])c2C)cc1. The zero-order valence-electron chi connectivity index (χ0n) is 16.8. The van der Waals surface area contributed by atoms with Crippen molar-refractivity contribution in [3.05, 3.63) is 56.9 Å². The van der Waals surface area contributed by atoms with Gasteiger partial charge < -0.3 is 14.8 Å². The normalized spacial score (nSPS) is 11.7. The van der Waals surface area contributed by atoms with Crippen LogP contribution >= 0.6 is 0 Å². The molecule has 0 unspecified atom stereocenters. The van der Waals surface area contributed by atoms with Crippen molar-refractivity contribution in [3.63, 3.8) is 0 Å². The van der Waals surface area contributed by atoms with Gasteiger partial charge in [0.15, 0.2) is 6.10 Å². The van der Waals surface area contributed by atoms with Gasteiger partial charge in [0.2, 0.25) is 0 Å². The molecule has 10 nitrogen and oxygen atoms in total. The van der Waals surface area contributed by atoms with Crippen LogP contribution in [0.5, 0.6) is 0 Å². The topological polar surface area (TPSA) is 126 Å². The fraction of sp³-hybridized carbons (Fsp3) is 0.421. The molecule has 0 bridgehead atoms. The number of hydrogen-bond donors (Lipinski definition) is 1. The van der Waals surface area contributed by atoms with Crippen LogP contribution in [0.15, 0.2) is 24.3 Å². The Hall–Kier alpha value is -3.27. The molecule has 1 amide bonds. The first-order chi connectivity index (χ1) is 13.7. The highest BCUT2D eigenvalue weighted by molar-refractivity contribution is 5.92. The van der Waals surface area contributed by atoms with Crippen LogP contribution in [0.1, 0.15) is 34.2 Å². The van der Waals surface area contributed by atoms with Crippen molar-refractivity contribution in [2.75, 3.05) is 20.3 Å². The molecule has 0 spiro atoms. The Bertz CT molecular complexity index is 891. The number of nitro groups is 1. The number of rotatable bonds is 9. The second kappa shape index (κ2) is 9.78. The number of ether oxygens (including phenoxy) is 2. The number of methoxy groups -OCH3 is 1. The number of nitrogens with one attached hydrogen (secondary N) is 1. The molecule has 0 aliphatic heterocycles. The van der Waals surface area contributed by atoms with Gasteiger partial charge in [-0.1, -0.05) is 12.1 Å². The number of esters is 1. The molecule has 2 aromatic rings. The maximum Gasteiger partial charge on any atom is 0.338 e. The van der Waals surface area contributed by atoms with E-state index in [9.17, 15) is 19.7 Å². The van der Waals surface area contributed by atoms with Crippen LogP contribution < -0.4 is 5.32 Å². The summed E-state index contributed by atoms with van der Waals surface area (Å²) in [6.45, 7) is 5.75. The molecule has 0 aliphatic rings. The molecule has 2 rings (SSSR count). The third-order valence-electron chi connectivity index (χ3n) is 4.31. The highest BCUT2D eigenvalue weighted by Gasteiger charge is 2.22. The number of aryl methyl sites for hydroxylation is 1. The number of carbonyl (C=O) groups excluding carboxylic acids is 2. The van der Waals surface area contributed by atoms with Crippen LogP contribution in [0.2, 0.25) is 0 Å². The van der Waals surface area contributed by atoms with Gasteiger partial charge in [0, 0.05) is 13.7 Å². The van der Waals surface area contributed by atoms with E-state index in [1.165, 1.54) is 14.0 Å². The standard InChI is InChI=1S/C19H24N4O6/c1-12-17(23(26)27)13(2)22(21-12)11-15-5-7-16(8-6-15)19(25)29-14(3)18(24)20-9-10-28-4/h5-8,14H,9-11H2,1-4H3,(H,20,24)/t14-/m0/s1. The molecule has 1 atom stereocenters. The molecular weight excluding hydrogens is 380 g/mol. The minimum Gasteiger partial charge on any atom is -0.449 e. The molecule has 0 fully saturated rings. The summed E-state index contributed by atoms with van der Waals surface area (Å²) in [5.74, 6) is -1.02. The zero-order valence-corrected chi connectivity index (χ0v) is 16.8. The van der Waals surface area contributed by atoms with Gasteiger partial charge in [0.1, 0.15) is 11.4 Å². The predicted molar refractivity (Wildman–Crippen MR) is 104 cm³/mol. The first-order valence-corrected chi connectivity index (χ1v) is 8.99. The molecule has 1 aromatic heterocycles. The first-order valence-electron chi connectivity index (χ1n) is 8.99. The number of hydrogen-bond acceptors (Lipinski definition) is 7. The van der Waals surface area contributed by atoms with Gasteiger partial charge in [0.05, 0.1) is 23.6 Å². The monoisotopic (exact) mass is 404 g/mol. The molecule has 29 heavy (non-hydrogen) atoms. The summed E-state index contributed by atoms with van der Waals surface area (Å²) in [7, 11) is 1.52. The van der Waals surface area contributed by atoms with Crippen molar-refractivity contribution in [3.8, 4) is 0 Å². The van der Waals surface area contributed by atoms with Gasteiger partial charge in [-0.15, -0.1) is 0 Å². The average molecular weight is 404 g/mol. The van der Waals surface area contributed by atoms with E-state index in [-0.39, 0.29) is 5.69 Å². The summed E-state index contributed by atoms with van der Waals surface area (Å²) in [6, 6.07) is 6.57. The van der Waals surface area contributed by atoms with Crippen LogP contribution in [0.3, 0.4) is 0 Å².